The van der Waals surface area contributed by atoms with Crippen LogP contribution in [-0.4, -0.2) is 27.0 Å². The first kappa shape index (κ1) is 24.0. The number of amides is 2. The summed E-state index contributed by atoms with van der Waals surface area (Å²) in [4.78, 5) is 49.7. The van der Waals surface area contributed by atoms with Gasteiger partial charge in [-0.05, 0) is 23.3 Å². The van der Waals surface area contributed by atoms with Crippen molar-refractivity contribution in [3.8, 4) is 0 Å². The number of carbonyl (C=O) groups excluding carboxylic acids is 2. The molecule has 1 atom stereocenters. The summed E-state index contributed by atoms with van der Waals surface area (Å²) in [7, 11) is 2.91. The Morgan fingerprint density at radius 1 is 0.939 bits per heavy atom. The van der Waals surface area contributed by atoms with Crippen molar-refractivity contribution in [3.05, 3.63) is 103 Å². The molecule has 2 aromatic carbocycles. The van der Waals surface area contributed by atoms with Gasteiger partial charge in [-0.3, -0.25) is 23.5 Å². The molecule has 0 saturated heterocycles. The third-order valence-electron chi connectivity index (χ3n) is 5.28. The molecule has 0 aliphatic carbocycles. The van der Waals surface area contributed by atoms with Gasteiger partial charge >= 0.3 is 5.69 Å². The van der Waals surface area contributed by atoms with Gasteiger partial charge in [0.05, 0.1) is 13.0 Å². The molecule has 3 rings (SSSR count). The number of benzene rings is 2. The molecule has 1 aromatic heterocycles. The first-order chi connectivity index (χ1) is 15.7. The molecule has 33 heavy (non-hydrogen) atoms. The number of nitrogens with zero attached hydrogens (tertiary/aromatic N) is 2. The van der Waals surface area contributed by atoms with E-state index in [1.807, 2.05) is 30.3 Å². The van der Waals surface area contributed by atoms with E-state index in [-0.39, 0.29) is 25.3 Å². The summed E-state index contributed by atoms with van der Waals surface area (Å²) in [6.07, 6.45) is 0.382. The van der Waals surface area contributed by atoms with Gasteiger partial charge in [-0.15, -0.1) is 0 Å². The fraction of sp³-hybridized carbons (Fsp3) is 0.250. The van der Waals surface area contributed by atoms with E-state index in [2.05, 4.69) is 10.6 Å². The highest BCUT2D eigenvalue weighted by molar-refractivity contribution is 6.30. The number of aromatic nitrogens is 2. The Labute approximate surface area is 195 Å². The van der Waals surface area contributed by atoms with Crippen molar-refractivity contribution in [1.29, 1.82) is 0 Å². The van der Waals surface area contributed by atoms with Crippen molar-refractivity contribution in [2.24, 2.45) is 14.1 Å². The molecule has 0 spiro atoms. The Kier molecular flexibility index (Phi) is 7.84. The molecule has 3 aromatic rings. The fourth-order valence-electron chi connectivity index (χ4n) is 3.34. The van der Waals surface area contributed by atoms with Gasteiger partial charge in [0, 0.05) is 37.3 Å². The van der Waals surface area contributed by atoms with Gasteiger partial charge in [0.25, 0.3) is 5.56 Å². The lowest BCUT2D eigenvalue weighted by molar-refractivity contribution is -0.128. The van der Waals surface area contributed by atoms with Crippen molar-refractivity contribution in [3.63, 3.8) is 0 Å². The highest BCUT2D eigenvalue weighted by Gasteiger charge is 2.22. The van der Waals surface area contributed by atoms with E-state index in [9.17, 15) is 19.2 Å². The molecule has 0 aliphatic rings. The minimum atomic E-state index is -0.837. The van der Waals surface area contributed by atoms with Crippen LogP contribution in [0.2, 0.25) is 5.02 Å². The molecular weight excluding hydrogens is 444 g/mol. The SMILES string of the molecule is Cn1c(CNC(=O)[C@@H](Cc2ccccc2)NC(=O)Cc2ccc(Cl)cc2)cc(=O)n(C)c1=O. The van der Waals surface area contributed by atoms with E-state index >= 15 is 0 Å². The normalized spacial score (nSPS) is 11.6. The average molecular weight is 469 g/mol. The molecule has 0 unspecified atom stereocenters. The first-order valence-electron chi connectivity index (χ1n) is 10.4. The smallest absolute Gasteiger partial charge is 0.330 e. The van der Waals surface area contributed by atoms with Crippen LogP contribution in [0.4, 0.5) is 0 Å². The van der Waals surface area contributed by atoms with E-state index in [4.69, 9.17) is 11.6 Å². The van der Waals surface area contributed by atoms with Crippen LogP contribution in [0.3, 0.4) is 0 Å². The summed E-state index contributed by atoms with van der Waals surface area (Å²) in [5, 5.41) is 6.10. The number of halogens is 1. The van der Waals surface area contributed by atoms with Gasteiger partial charge in [0.2, 0.25) is 11.8 Å². The number of nitrogens with one attached hydrogen (secondary N) is 2. The maximum atomic E-state index is 13.0. The van der Waals surface area contributed by atoms with Crippen molar-refractivity contribution in [2.75, 3.05) is 0 Å². The molecular formula is C24H25ClN4O4. The zero-order valence-corrected chi connectivity index (χ0v) is 19.1. The molecule has 0 aliphatic heterocycles. The Morgan fingerprint density at radius 3 is 2.27 bits per heavy atom. The third-order valence-corrected chi connectivity index (χ3v) is 5.53. The van der Waals surface area contributed by atoms with Crippen LogP contribution in [0.15, 0.2) is 70.3 Å². The van der Waals surface area contributed by atoms with E-state index in [0.29, 0.717) is 10.7 Å². The molecule has 2 N–H and O–H groups in total. The van der Waals surface area contributed by atoms with Crippen LogP contribution in [0.25, 0.3) is 0 Å². The minimum Gasteiger partial charge on any atom is -0.349 e. The second kappa shape index (κ2) is 10.8. The molecule has 172 valence electrons. The molecule has 0 fully saturated rings. The first-order valence-corrected chi connectivity index (χ1v) is 10.7. The summed E-state index contributed by atoms with van der Waals surface area (Å²) < 4.78 is 2.29. The van der Waals surface area contributed by atoms with Crippen LogP contribution in [0.5, 0.6) is 0 Å². The predicted molar refractivity (Wildman–Crippen MR) is 126 cm³/mol. The molecule has 0 bridgehead atoms. The topological polar surface area (TPSA) is 102 Å². The van der Waals surface area contributed by atoms with Gasteiger partial charge in [-0.25, -0.2) is 4.79 Å². The predicted octanol–water partition coefficient (Wildman–Crippen LogP) is 1.32. The highest BCUT2D eigenvalue weighted by atomic mass is 35.5. The third kappa shape index (κ3) is 6.43. The monoisotopic (exact) mass is 468 g/mol. The molecule has 0 radical (unpaired) electrons. The molecule has 2 amide bonds. The van der Waals surface area contributed by atoms with Gasteiger partial charge in [-0.2, -0.15) is 0 Å². The maximum absolute atomic E-state index is 13.0. The van der Waals surface area contributed by atoms with Gasteiger partial charge < -0.3 is 10.6 Å². The second-order valence-electron chi connectivity index (χ2n) is 7.71. The lowest BCUT2D eigenvalue weighted by Gasteiger charge is -2.19. The lowest BCUT2D eigenvalue weighted by Crippen LogP contribution is -2.49. The average Bonchev–Trinajstić information content (AvgIpc) is 2.80. The number of hydrogen-bond acceptors (Lipinski definition) is 4. The standard InChI is InChI=1S/C24H25ClN4O4/c1-28-19(14-22(31)29(2)24(28)33)15-26-23(32)20(12-16-6-4-3-5-7-16)27-21(30)13-17-8-10-18(25)11-9-17/h3-11,14,20H,12-13,15H2,1-2H3,(H,26,32)(H,27,30)/t20-/m1/s1. The van der Waals surface area contributed by atoms with Crippen molar-refractivity contribution in [2.45, 2.75) is 25.4 Å². The van der Waals surface area contributed by atoms with Crippen LogP contribution in [0.1, 0.15) is 16.8 Å². The van der Waals surface area contributed by atoms with E-state index < -0.39 is 23.2 Å². The van der Waals surface area contributed by atoms with Crippen LogP contribution >= 0.6 is 11.6 Å². The van der Waals surface area contributed by atoms with Crippen molar-refractivity contribution < 1.29 is 9.59 Å². The Hall–Kier alpha value is -3.65. The number of hydrogen-bond donors (Lipinski definition) is 2. The molecule has 0 saturated carbocycles. The van der Waals surface area contributed by atoms with E-state index in [0.717, 1.165) is 15.7 Å². The Bertz CT molecular complexity index is 1250. The Balaban J connectivity index is 1.73. The molecule has 9 heteroatoms. The zero-order valence-electron chi connectivity index (χ0n) is 18.4. The second-order valence-corrected chi connectivity index (χ2v) is 8.14. The summed E-state index contributed by atoms with van der Waals surface area (Å²) >= 11 is 5.89. The van der Waals surface area contributed by atoms with Crippen molar-refractivity contribution in [1.82, 2.24) is 19.8 Å². The van der Waals surface area contributed by atoms with E-state index in [1.54, 1.807) is 24.3 Å². The summed E-state index contributed by atoms with van der Waals surface area (Å²) in [6, 6.07) is 16.7. The van der Waals surface area contributed by atoms with Gasteiger partial charge in [0.1, 0.15) is 6.04 Å². The summed E-state index contributed by atoms with van der Waals surface area (Å²) in [5.41, 5.74) is 1.07. The van der Waals surface area contributed by atoms with Crippen LogP contribution in [-0.2, 0) is 43.1 Å². The molecule has 8 nitrogen and oxygen atoms in total. The largest absolute Gasteiger partial charge is 0.349 e. The zero-order chi connectivity index (χ0) is 24.0. The molecule has 1 heterocycles. The van der Waals surface area contributed by atoms with Crippen LogP contribution < -0.4 is 21.9 Å². The quantitative estimate of drug-likeness (QED) is 0.520. The number of rotatable bonds is 8. The number of carbonyl (C=O) groups is 2. The highest BCUT2D eigenvalue weighted by Crippen LogP contribution is 2.10. The summed E-state index contributed by atoms with van der Waals surface area (Å²) in [6.45, 7) is -0.0288. The van der Waals surface area contributed by atoms with Crippen LogP contribution in [0, 0.1) is 0 Å². The summed E-state index contributed by atoms with van der Waals surface area (Å²) in [5.74, 6) is -0.731. The fourth-order valence-corrected chi connectivity index (χ4v) is 3.47. The van der Waals surface area contributed by atoms with Gasteiger partial charge in [0.15, 0.2) is 0 Å². The lowest BCUT2D eigenvalue weighted by atomic mass is 10.0. The maximum Gasteiger partial charge on any atom is 0.330 e. The Morgan fingerprint density at radius 2 is 1.61 bits per heavy atom. The minimum absolute atomic E-state index is 0.0288. The van der Waals surface area contributed by atoms with Crippen molar-refractivity contribution >= 4 is 23.4 Å². The van der Waals surface area contributed by atoms with E-state index in [1.165, 1.54) is 24.7 Å². The van der Waals surface area contributed by atoms with Gasteiger partial charge in [-0.1, -0.05) is 54.1 Å².